The van der Waals surface area contributed by atoms with Crippen molar-refractivity contribution in [2.24, 2.45) is 0 Å². The van der Waals surface area contributed by atoms with Crippen LogP contribution in [-0.2, 0) is 12.2 Å². The van der Waals surface area contributed by atoms with Crippen LogP contribution in [0.25, 0.3) is 0 Å². The van der Waals surface area contributed by atoms with Crippen molar-refractivity contribution in [1.29, 1.82) is 0 Å². The van der Waals surface area contributed by atoms with E-state index >= 15 is 0 Å². The van der Waals surface area contributed by atoms with Crippen LogP contribution >= 0.6 is 0 Å². The highest BCUT2D eigenvalue weighted by atomic mass is 16.5. The van der Waals surface area contributed by atoms with Crippen molar-refractivity contribution < 1.29 is 9.84 Å². The van der Waals surface area contributed by atoms with Crippen LogP contribution in [0.15, 0.2) is 42.5 Å². The fourth-order valence-electron chi connectivity index (χ4n) is 2.14. The highest BCUT2D eigenvalue weighted by Crippen LogP contribution is 2.29. The van der Waals surface area contributed by atoms with Gasteiger partial charge in [0.2, 0.25) is 0 Å². The number of benzene rings is 2. The van der Waals surface area contributed by atoms with Crippen molar-refractivity contribution in [3.63, 3.8) is 0 Å². The quantitative estimate of drug-likeness (QED) is 0.906. The van der Waals surface area contributed by atoms with Crippen LogP contribution in [0.2, 0.25) is 0 Å². The summed E-state index contributed by atoms with van der Waals surface area (Å²) in [6, 6.07) is 14.0. The number of rotatable bonds is 4. The standard InChI is InChI=1S/C18H22O2/c1-13-5-10-17(11-14(13)2)20-18(3,4)16-8-6-15(12-19)7-9-16/h5-11,19H,12H2,1-4H3. The summed E-state index contributed by atoms with van der Waals surface area (Å²) < 4.78 is 6.13. The minimum atomic E-state index is -0.407. The molecule has 106 valence electrons. The third-order valence-electron chi connectivity index (χ3n) is 3.68. The number of hydrogen-bond donors (Lipinski definition) is 1. The maximum Gasteiger partial charge on any atom is 0.128 e. The van der Waals surface area contributed by atoms with Gasteiger partial charge in [0.1, 0.15) is 11.4 Å². The first kappa shape index (κ1) is 14.6. The molecule has 2 rings (SSSR count). The average molecular weight is 270 g/mol. The number of ether oxygens (including phenoxy) is 1. The predicted molar refractivity (Wildman–Crippen MR) is 81.9 cm³/mol. The Balaban J connectivity index is 2.22. The van der Waals surface area contributed by atoms with E-state index in [1.807, 2.05) is 30.3 Å². The van der Waals surface area contributed by atoms with Crippen molar-refractivity contribution in [2.45, 2.75) is 39.9 Å². The monoisotopic (exact) mass is 270 g/mol. The molecule has 0 aliphatic carbocycles. The van der Waals surface area contributed by atoms with Gasteiger partial charge in [0, 0.05) is 0 Å². The van der Waals surface area contributed by atoms with Crippen LogP contribution in [0.3, 0.4) is 0 Å². The highest BCUT2D eigenvalue weighted by Gasteiger charge is 2.22. The number of aliphatic hydroxyl groups is 1. The zero-order valence-corrected chi connectivity index (χ0v) is 12.6. The summed E-state index contributed by atoms with van der Waals surface area (Å²) in [4.78, 5) is 0. The van der Waals surface area contributed by atoms with Crippen molar-refractivity contribution in [3.8, 4) is 5.75 Å². The van der Waals surface area contributed by atoms with Gasteiger partial charge < -0.3 is 9.84 Å². The molecule has 2 aromatic rings. The first-order chi connectivity index (χ1) is 9.42. The fraction of sp³-hybridized carbons (Fsp3) is 0.333. The van der Waals surface area contributed by atoms with Crippen LogP contribution in [0, 0.1) is 13.8 Å². The van der Waals surface area contributed by atoms with E-state index in [1.54, 1.807) is 0 Å². The van der Waals surface area contributed by atoms with E-state index in [-0.39, 0.29) is 6.61 Å². The zero-order valence-electron chi connectivity index (χ0n) is 12.6. The van der Waals surface area contributed by atoms with Crippen LogP contribution in [0.4, 0.5) is 0 Å². The van der Waals surface area contributed by atoms with E-state index in [9.17, 15) is 0 Å². The average Bonchev–Trinajstić information content (AvgIpc) is 2.43. The molecule has 0 fully saturated rings. The predicted octanol–water partition coefficient (Wildman–Crippen LogP) is 4.11. The lowest BCUT2D eigenvalue weighted by atomic mass is 9.96. The van der Waals surface area contributed by atoms with E-state index in [4.69, 9.17) is 9.84 Å². The maximum absolute atomic E-state index is 9.09. The van der Waals surface area contributed by atoms with Gasteiger partial charge in [-0.3, -0.25) is 0 Å². The first-order valence-electron chi connectivity index (χ1n) is 6.89. The molecule has 0 radical (unpaired) electrons. The van der Waals surface area contributed by atoms with Gasteiger partial charge in [0.25, 0.3) is 0 Å². The van der Waals surface area contributed by atoms with E-state index in [0.717, 1.165) is 16.9 Å². The molecule has 0 saturated carbocycles. The molecule has 2 aromatic carbocycles. The third-order valence-corrected chi connectivity index (χ3v) is 3.68. The largest absolute Gasteiger partial charge is 0.483 e. The highest BCUT2D eigenvalue weighted by molar-refractivity contribution is 5.35. The van der Waals surface area contributed by atoms with Crippen molar-refractivity contribution in [3.05, 3.63) is 64.7 Å². The second-order valence-electron chi connectivity index (χ2n) is 5.71. The van der Waals surface area contributed by atoms with E-state index in [0.29, 0.717) is 0 Å². The summed E-state index contributed by atoms with van der Waals surface area (Å²) in [5.74, 6) is 0.879. The SMILES string of the molecule is Cc1ccc(OC(C)(C)c2ccc(CO)cc2)cc1C. The Hall–Kier alpha value is -1.80. The molecule has 0 saturated heterocycles. The Labute approximate surface area is 121 Å². The number of hydrogen-bond acceptors (Lipinski definition) is 2. The van der Waals surface area contributed by atoms with Gasteiger partial charge in [-0.25, -0.2) is 0 Å². The van der Waals surface area contributed by atoms with Crippen molar-refractivity contribution in [1.82, 2.24) is 0 Å². The van der Waals surface area contributed by atoms with E-state index in [2.05, 4.69) is 39.8 Å². The molecule has 0 spiro atoms. The zero-order chi connectivity index (χ0) is 14.8. The van der Waals surface area contributed by atoms with Crippen LogP contribution in [0.5, 0.6) is 5.75 Å². The molecular weight excluding hydrogens is 248 g/mol. The van der Waals surface area contributed by atoms with Gasteiger partial charge in [-0.1, -0.05) is 30.3 Å². The minimum Gasteiger partial charge on any atom is -0.483 e. The van der Waals surface area contributed by atoms with Crippen molar-refractivity contribution >= 4 is 0 Å². The summed E-state index contributed by atoms with van der Waals surface area (Å²) in [7, 11) is 0. The van der Waals surface area contributed by atoms with Crippen LogP contribution < -0.4 is 4.74 Å². The minimum absolute atomic E-state index is 0.0682. The Bertz CT molecular complexity index is 583. The summed E-state index contributed by atoms with van der Waals surface area (Å²) in [5, 5.41) is 9.09. The molecule has 0 amide bonds. The molecule has 0 bridgehead atoms. The fourth-order valence-corrected chi connectivity index (χ4v) is 2.14. The second kappa shape index (κ2) is 5.68. The lowest BCUT2D eigenvalue weighted by molar-refractivity contribution is 0.108. The summed E-state index contributed by atoms with van der Waals surface area (Å²) in [5.41, 5.74) is 4.09. The Morgan fingerprint density at radius 1 is 0.950 bits per heavy atom. The molecule has 0 heterocycles. The van der Waals surface area contributed by atoms with E-state index in [1.165, 1.54) is 11.1 Å². The smallest absolute Gasteiger partial charge is 0.128 e. The number of aliphatic hydroxyl groups excluding tert-OH is 1. The van der Waals surface area contributed by atoms with Crippen LogP contribution in [-0.4, -0.2) is 5.11 Å². The molecule has 0 aliphatic rings. The van der Waals surface area contributed by atoms with Gasteiger partial charge in [-0.05, 0) is 62.1 Å². The molecule has 2 nitrogen and oxygen atoms in total. The summed E-state index contributed by atoms with van der Waals surface area (Å²) >= 11 is 0. The molecule has 0 atom stereocenters. The number of aryl methyl sites for hydroxylation is 2. The molecule has 0 aliphatic heterocycles. The van der Waals surface area contributed by atoms with Gasteiger partial charge in [-0.2, -0.15) is 0 Å². The van der Waals surface area contributed by atoms with Gasteiger partial charge >= 0.3 is 0 Å². The summed E-state index contributed by atoms with van der Waals surface area (Å²) in [6.45, 7) is 8.36. The van der Waals surface area contributed by atoms with Gasteiger partial charge in [0.15, 0.2) is 0 Å². The Morgan fingerprint density at radius 3 is 2.15 bits per heavy atom. The molecule has 0 aromatic heterocycles. The maximum atomic E-state index is 9.09. The Kier molecular flexibility index (Phi) is 4.15. The third kappa shape index (κ3) is 3.20. The Morgan fingerprint density at radius 2 is 1.60 bits per heavy atom. The molecule has 20 heavy (non-hydrogen) atoms. The van der Waals surface area contributed by atoms with Gasteiger partial charge in [-0.15, -0.1) is 0 Å². The molecular formula is C18H22O2. The lowest BCUT2D eigenvalue weighted by Gasteiger charge is -2.27. The van der Waals surface area contributed by atoms with Gasteiger partial charge in [0.05, 0.1) is 6.61 Å². The molecule has 1 N–H and O–H groups in total. The van der Waals surface area contributed by atoms with E-state index < -0.39 is 5.60 Å². The van der Waals surface area contributed by atoms with Crippen LogP contribution in [0.1, 0.15) is 36.1 Å². The molecule has 0 unspecified atom stereocenters. The first-order valence-corrected chi connectivity index (χ1v) is 6.89. The molecule has 2 heteroatoms. The second-order valence-corrected chi connectivity index (χ2v) is 5.71. The topological polar surface area (TPSA) is 29.5 Å². The van der Waals surface area contributed by atoms with Crippen molar-refractivity contribution in [2.75, 3.05) is 0 Å². The summed E-state index contributed by atoms with van der Waals surface area (Å²) in [6.07, 6.45) is 0. The lowest BCUT2D eigenvalue weighted by Crippen LogP contribution is -2.25. The normalized spacial score (nSPS) is 11.4.